The van der Waals surface area contributed by atoms with Gasteiger partial charge in [0.25, 0.3) is 0 Å². The summed E-state index contributed by atoms with van der Waals surface area (Å²) in [4.78, 5) is 13.6. The molecule has 0 saturated carbocycles. The van der Waals surface area contributed by atoms with Gasteiger partial charge in [0.15, 0.2) is 0 Å². The van der Waals surface area contributed by atoms with Gasteiger partial charge in [0.05, 0.1) is 11.7 Å². The molecule has 6 nitrogen and oxygen atoms in total. The van der Waals surface area contributed by atoms with Gasteiger partial charge in [-0.1, -0.05) is 13.8 Å². The summed E-state index contributed by atoms with van der Waals surface area (Å²) in [7, 11) is 0. The molecule has 1 aliphatic rings. The van der Waals surface area contributed by atoms with E-state index in [1.54, 1.807) is 0 Å². The summed E-state index contributed by atoms with van der Waals surface area (Å²) >= 11 is 0. The second kappa shape index (κ2) is 6.85. The fourth-order valence-corrected chi connectivity index (χ4v) is 2.75. The average molecular weight is 279 g/mol. The summed E-state index contributed by atoms with van der Waals surface area (Å²) in [5.41, 5.74) is 6.47. The first-order chi connectivity index (χ1) is 9.65. The molecule has 2 rings (SSSR count). The lowest BCUT2D eigenvalue weighted by atomic mass is 10.1. The predicted molar refractivity (Wildman–Crippen MR) is 78.1 cm³/mol. The van der Waals surface area contributed by atoms with E-state index in [9.17, 15) is 4.79 Å². The highest BCUT2D eigenvalue weighted by Gasteiger charge is 2.27. The maximum Gasteiger partial charge on any atom is 0.236 e. The lowest BCUT2D eigenvalue weighted by molar-refractivity contribution is -0.124. The van der Waals surface area contributed by atoms with Crippen LogP contribution in [-0.2, 0) is 11.3 Å². The predicted octanol–water partition coefficient (Wildman–Crippen LogP) is 0.503. The first-order valence-corrected chi connectivity index (χ1v) is 7.43. The van der Waals surface area contributed by atoms with Crippen molar-refractivity contribution in [3.63, 3.8) is 0 Å². The van der Waals surface area contributed by atoms with Crippen LogP contribution in [0.3, 0.4) is 0 Å². The Hall–Kier alpha value is -1.40. The monoisotopic (exact) mass is 279 g/mol. The van der Waals surface area contributed by atoms with Crippen molar-refractivity contribution in [2.24, 2.45) is 5.73 Å². The van der Waals surface area contributed by atoms with Gasteiger partial charge in [-0.25, -0.2) is 0 Å². The molecule has 112 valence electrons. The maximum absolute atomic E-state index is 11.5. The Balaban J connectivity index is 2.03. The van der Waals surface area contributed by atoms with Gasteiger partial charge in [0, 0.05) is 32.4 Å². The molecule has 20 heavy (non-hydrogen) atoms. The van der Waals surface area contributed by atoms with Crippen LogP contribution in [0.5, 0.6) is 0 Å². The van der Waals surface area contributed by atoms with Crippen LogP contribution in [0, 0.1) is 0 Å². The highest BCUT2D eigenvalue weighted by molar-refractivity contribution is 5.80. The van der Waals surface area contributed by atoms with Crippen LogP contribution >= 0.6 is 0 Å². The van der Waals surface area contributed by atoms with Crippen molar-refractivity contribution in [3.8, 4) is 0 Å². The highest BCUT2D eigenvalue weighted by atomic mass is 16.1. The minimum absolute atomic E-state index is 0.234. The standard InChI is InChI=1S/C14H25N5O/c1-3-12(4-2)19-7-5-11(17-19)10-18-8-6-16-9-13(18)14(15)20/h5,7,12-13,16H,3-4,6,8-10H2,1-2H3,(H2,15,20). The summed E-state index contributed by atoms with van der Waals surface area (Å²) in [6.45, 7) is 7.37. The van der Waals surface area contributed by atoms with Crippen LogP contribution in [-0.4, -0.2) is 46.3 Å². The van der Waals surface area contributed by atoms with Crippen LogP contribution in [0.2, 0.25) is 0 Å². The van der Waals surface area contributed by atoms with E-state index in [1.165, 1.54) is 0 Å². The Morgan fingerprint density at radius 2 is 2.30 bits per heavy atom. The molecular formula is C14H25N5O. The lowest BCUT2D eigenvalue weighted by Gasteiger charge is -2.33. The van der Waals surface area contributed by atoms with E-state index in [-0.39, 0.29) is 11.9 Å². The molecule has 3 N–H and O–H groups in total. The molecule has 0 spiro atoms. The molecule has 2 heterocycles. The minimum Gasteiger partial charge on any atom is -0.368 e. The summed E-state index contributed by atoms with van der Waals surface area (Å²) in [5.74, 6) is -0.267. The number of nitrogens with two attached hydrogens (primary N) is 1. The van der Waals surface area contributed by atoms with E-state index in [0.29, 0.717) is 19.1 Å². The van der Waals surface area contributed by atoms with Crippen molar-refractivity contribution < 1.29 is 4.79 Å². The number of primary amides is 1. The first-order valence-electron chi connectivity index (χ1n) is 7.43. The molecule has 6 heteroatoms. The fourth-order valence-electron chi connectivity index (χ4n) is 2.75. The molecule has 1 atom stereocenters. The number of carbonyl (C=O) groups is 1. The molecule has 0 aromatic carbocycles. The van der Waals surface area contributed by atoms with Crippen molar-refractivity contribution >= 4 is 5.91 Å². The van der Waals surface area contributed by atoms with Crippen LogP contribution in [0.15, 0.2) is 12.3 Å². The maximum atomic E-state index is 11.5. The zero-order valence-corrected chi connectivity index (χ0v) is 12.4. The third-order valence-electron chi connectivity index (χ3n) is 4.03. The normalized spacial score (nSPS) is 20.4. The summed E-state index contributed by atoms with van der Waals surface area (Å²) in [5, 5.41) is 7.85. The Labute approximate surface area is 120 Å². The van der Waals surface area contributed by atoms with E-state index in [4.69, 9.17) is 5.73 Å². The number of amides is 1. The fraction of sp³-hybridized carbons (Fsp3) is 0.714. The number of hydrogen-bond acceptors (Lipinski definition) is 4. The van der Waals surface area contributed by atoms with Crippen LogP contribution in [0.25, 0.3) is 0 Å². The zero-order valence-electron chi connectivity index (χ0n) is 12.4. The van der Waals surface area contributed by atoms with Gasteiger partial charge in [-0.05, 0) is 18.9 Å². The average Bonchev–Trinajstić information content (AvgIpc) is 2.89. The van der Waals surface area contributed by atoms with E-state index < -0.39 is 0 Å². The number of hydrogen-bond donors (Lipinski definition) is 2. The van der Waals surface area contributed by atoms with Crippen molar-refractivity contribution in [2.45, 2.75) is 45.3 Å². The lowest BCUT2D eigenvalue weighted by Crippen LogP contribution is -2.56. The number of carbonyl (C=O) groups excluding carboxylic acids is 1. The largest absolute Gasteiger partial charge is 0.368 e. The highest BCUT2D eigenvalue weighted by Crippen LogP contribution is 2.16. The molecular weight excluding hydrogens is 254 g/mol. The molecule has 0 aliphatic carbocycles. The van der Waals surface area contributed by atoms with Gasteiger partial charge in [0.2, 0.25) is 5.91 Å². The van der Waals surface area contributed by atoms with Gasteiger partial charge in [-0.3, -0.25) is 14.4 Å². The zero-order chi connectivity index (χ0) is 14.5. The smallest absolute Gasteiger partial charge is 0.236 e. The van der Waals surface area contributed by atoms with Gasteiger partial charge in [-0.2, -0.15) is 5.10 Å². The summed E-state index contributed by atoms with van der Waals surface area (Å²) < 4.78 is 2.04. The number of nitrogens with zero attached hydrogens (tertiary/aromatic N) is 3. The molecule has 1 aliphatic heterocycles. The first kappa shape index (κ1) is 15.0. The van der Waals surface area contributed by atoms with Gasteiger partial charge in [0.1, 0.15) is 6.04 Å². The SMILES string of the molecule is CCC(CC)n1ccc(CN2CCNCC2C(N)=O)n1. The van der Waals surface area contributed by atoms with Crippen molar-refractivity contribution in [1.82, 2.24) is 20.0 Å². The third-order valence-corrected chi connectivity index (χ3v) is 4.03. The molecule has 1 unspecified atom stereocenters. The number of aromatic nitrogens is 2. The van der Waals surface area contributed by atoms with Gasteiger partial charge in [-0.15, -0.1) is 0 Å². The Morgan fingerprint density at radius 1 is 1.55 bits per heavy atom. The van der Waals surface area contributed by atoms with Crippen molar-refractivity contribution in [1.29, 1.82) is 0 Å². The van der Waals surface area contributed by atoms with Crippen LogP contribution in [0.4, 0.5) is 0 Å². The van der Waals surface area contributed by atoms with E-state index >= 15 is 0 Å². The number of nitrogens with one attached hydrogen (secondary N) is 1. The molecule has 1 amide bonds. The molecule has 1 aromatic rings. The molecule has 0 radical (unpaired) electrons. The van der Waals surface area contributed by atoms with E-state index in [1.807, 2.05) is 16.9 Å². The van der Waals surface area contributed by atoms with Crippen LogP contribution < -0.4 is 11.1 Å². The minimum atomic E-state index is -0.267. The Bertz CT molecular complexity index is 441. The molecule has 0 bridgehead atoms. The number of piperazine rings is 1. The molecule has 1 aromatic heterocycles. The van der Waals surface area contributed by atoms with Crippen molar-refractivity contribution in [3.05, 3.63) is 18.0 Å². The quantitative estimate of drug-likeness (QED) is 0.795. The second-order valence-electron chi connectivity index (χ2n) is 5.35. The second-order valence-corrected chi connectivity index (χ2v) is 5.35. The molecule has 1 fully saturated rings. The Morgan fingerprint density at radius 3 is 2.95 bits per heavy atom. The Kier molecular flexibility index (Phi) is 5.14. The van der Waals surface area contributed by atoms with E-state index in [0.717, 1.165) is 31.6 Å². The summed E-state index contributed by atoms with van der Waals surface area (Å²) in [6, 6.07) is 2.26. The van der Waals surface area contributed by atoms with Gasteiger partial charge < -0.3 is 11.1 Å². The molecule has 1 saturated heterocycles. The summed E-state index contributed by atoms with van der Waals surface area (Å²) in [6.07, 6.45) is 4.19. The van der Waals surface area contributed by atoms with Crippen molar-refractivity contribution in [2.75, 3.05) is 19.6 Å². The van der Waals surface area contributed by atoms with Crippen LogP contribution in [0.1, 0.15) is 38.4 Å². The number of rotatable bonds is 6. The van der Waals surface area contributed by atoms with Gasteiger partial charge >= 0.3 is 0 Å². The third kappa shape index (κ3) is 3.37. The van der Waals surface area contributed by atoms with E-state index in [2.05, 4.69) is 29.2 Å². The topological polar surface area (TPSA) is 76.2 Å².